The number of aryl methyl sites for hydroxylation is 1. The zero-order valence-corrected chi connectivity index (χ0v) is 15.9. The minimum Gasteiger partial charge on any atom is -0.495 e. The van der Waals surface area contributed by atoms with Gasteiger partial charge in [0, 0.05) is 5.69 Å². The molecule has 2 rings (SSSR count). The fraction of sp³-hybridized carbons (Fsp3) is 0.222. The summed E-state index contributed by atoms with van der Waals surface area (Å²) < 4.78 is 33.3. The number of ether oxygens (including phenoxy) is 2. The van der Waals surface area contributed by atoms with Gasteiger partial charge in [0.2, 0.25) is 10.0 Å². The van der Waals surface area contributed by atoms with Crippen molar-refractivity contribution in [2.75, 3.05) is 12.4 Å². The summed E-state index contributed by atoms with van der Waals surface area (Å²) in [4.78, 5) is 24.2. The Kier molecular flexibility index (Phi) is 6.19. The molecule has 8 nitrogen and oxygen atoms in total. The molecule has 0 spiro atoms. The third-order valence-electron chi connectivity index (χ3n) is 3.76. The maximum Gasteiger partial charge on any atom is 0.338 e. The molecule has 0 aromatic heterocycles. The van der Waals surface area contributed by atoms with Gasteiger partial charge in [-0.1, -0.05) is 18.2 Å². The van der Waals surface area contributed by atoms with Gasteiger partial charge in [-0.3, -0.25) is 4.79 Å². The van der Waals surface area contributed by atoms with E-state index in [1.165, 1.54) is 26.2 Å². The van der Waals surface area contributed by atoms with Crippen LogP contribution in [-0.4, -0.2) is 33.5 Å². The van der Waals surface area contributed by atoms with Crippen LogP contribution in [0, 0.1) is 6.92 Å². The Bertz CT molecular complexity index is 972. The summed E-state index contributed by atoms with van der Waals surface area (Å²) >= 11 is 0. The van der Waals surface area contributed by atoms with Crippen molar-refractivity contribution < 1.29 is 27.5 Å². The summed E-state index contributed by atoms with van der Waals surface area (Å²) in [5.41, 5.74) is 1.39. The molecule has 0 aliphatic carbocycles. The minimum absolute atomic E-state index is 0.000561. The normalized spacial score (nSPS) is 12.1. The Morgan fingerprint density at radius 1 is 1.15 bits per heavy atom. The number of methoxy groups -OCH3 is 1. The molecule has 0 fully saturated rings. The molecule has 0 saturated carbocycles. The zero-order chi connectivity index (χ0) is 20.2. The van der Waals surface area contributed by atoms with Crippen molar-refractivity contribution in [3.63, 3.8) is 0 Å². The highest BCUT2D eigenvalue weighted by Crippen LogP contribution is 2.24. The van der Waals surface area contributed by atoms with Crippen LogP contribution in [-0.2, 0) is 19.6 Å². The van der Waals surface area contributed by atoms with Gasteiger partial charge >= 0.3 is 5.97 Å². The Morgan fingerprint density at radius 3 is 2.41 bits per heavy atom. The highest BCUT2D eigenvalue weighted by atomic mass is 32.2. The lowest BCUT2D eigenvalue weighted by molar-refractivity contribution is -0.123. The first kappa shape index (κ1) is 20.4. The fourth-order valence-electron chi connectivity index (χ4n) is 2.26. The zero-order valence-electron chi connectivity index (χ0n) is 15.1. The second-order valence-corrected chi connectivity index (χ2v) is 7.29. The molecule has 2 aromatic carbocycles. The van der Waals surface area contributed by atoms with E-state index in [0.29, 0.717) is 5.69 Å². The predicted molar refractivity (Wildman–Crippen MR) is 99.1 cm³/mol. The molecule has 1 amide bonds. The molecule has 2 aromatic rings. The van der Waals surface area contributed by atoms with Crippen LogP contribution in [0.15, 0.2) is 47.4 Å². The van der Waals surface area contributed by atoms with Crippen LogP contribution >= 0.6 is 0 Å². The van der Waals surface area contributed by atoms with Crippen molar-refractivity contribution in [2.45, 2.75) is 24.8 Å². The van der Waals surface area contributed by atoms with Crippen molar-refractivity contribution in [1.29, 1.82) is 0 Å². The lowest BCUT2D eigenvalue weighted by Crippen LogP contribution is -2.30. The smallest absolute Gasteiger partial charge is 0.338 e. The number of amides is 1. The average molecular weight is 392 g/mol. The first-order valence-electron chi connectivity index (χ1n) is 7.92. The predicted octanol–water partition coefficient (Wildman–Crippen LogP) is 1.84. The van der Waals surface area contributed by atoms with Gasteiger partial charge in [0.05, 0.1) is 12.7 Å². The van der Waals surface area contributed by atoms with Crippen LogP contribution in [0.2, 0.25) is 0 Å². The Labute approximate surface area is 157 Å². The van der Waals surface area contributed by atoms with E-state index < -0.39 is 28.0 Å². The molecule has 0 aliphatic rings. The summed E-state index contributed by atoms with van der Waals surface area (Å²) in [5, 5.41) is 7.80. The van der Waals surface area contributed by atoms with E-state index in [-0.39, 0.29) is 16.2 Å². The maximum absolute atomic E-state index is 12.3. The molecule has 1 unspecified atom stereocenters. The van der Waals surface area contributed by atoms with Gasteiger partial charge in [-0.2, -0.15) is 0 Å². The molecule has 0 radical (unpaired) electrons. The number of hydrogen-bond acceptors (Lipinski definition) is 6. The van der Waals surface area contributed by atoms with E-state index >= 15 is 0 Å². The van der Waals surface area contributed by atoms with Crippen LogP contribution in [0.4, 0.5) is 5.69 Å². The van der Waals surface area contributed by atoms with E-state index in [0.717, 1.165) is 11.6 Å². The number of esters is 1. The number of para-hydroxylation sites is 1. The van der Waals surface area contributed by atoms with E-state index in [1.54, 1.807) is 12.1 Å². The Hall–Kier alpha value is -2.91. The van der Waals surface area contributed by atoms with E-state index in [2.05, 4.69) is 5.32 Å². The topological polar surface area (TPSA) is 125 Å². The maximum atomic E-state index is 12.3. The third kappa shape index (κ3) is 5.05. The summed E-state index contributed by atoms with van der Waals surface area (Å²) in [6, 6.07) is 10.8. The largest absolute Gasteiger partial charge is 0.495 e. The molecule has 0 saturated heterocycles. The van der Waals surface area contributed by atoms with Gasteiger partial charge in [0.15, 0.2) is 6.10 Å². The number of primary sulfonamides is 1. The van der Waals surface area contributed by atoms with Gasteiger partial charge in [0.1, 0.15) is 10.6 Å². The highest BCUT2D eigenvalue weighted by Gasteiger charge is 2.22. The molecule has 9 heteroatoms. The number of carbonyl (C=O) groups is 2. The highest BCUT2D eigenvalue weighted by molar-refractivity contribution is 7.89. The number of rotatable bonds is 6. The van der Waals surface area contributed by atoms with Crippen molar-refractivity contribution >= 4 is 27.6 Å². The quantitative estimate of drug-likeness (QED) is 0.723. The van der Waals surface area contributed by atoms with Crippen molar-refractivity contribution in [1.82, 2.24) is 0 Å². The number of nitrogens with two attached hydrogens (primary N) is 1. The van der Waals surface area contributed by atoms with Gasteiger partial charge < -0.3 is 14.8 Å². The van der Waals surface area contributed by atoms with Gasteiger partial charge in [-0.05, 0) is 43.7 Å². The molecule has 27 heavy (non-hydrogen) atoms. The third-order valence-corrected chi connectivity index (χ3v) is 4.69. The van der Waals surface area contributed by atoms with Crippen LogP contribution < -0.4 is 15.2 Å². The number of carbonyl (C=O) groups excluding carboxylic acids is 2. The number of sulfonamides is 1. The number of anilines is 1. The summed E-state index contributed by atoms with van der Waals surface area (Å²) in [7, 11) is -2.83. The van der Waals surface area contributed by atoms with E-state index in [4.69, 9.17) is 14.6 Å². The Balaban J connectivity index is 2.14. The fourth-order valence-corrected chi connectivity index (χ4v) is 2.98. The van der Waals surface area contributed by atoms with Crippen molar-refractivity contribution in [3.05, 3.63) is 53.6 Å². The Morgan fingerprint density at radius 2 is 1.81 bits per heavy atom. The van der Waals surface area contributed by atoms with Gasteiger partial charge in [0.25, 0.3) is 5.91 Å². The summed E-state index contributed by atoms with van der Waals surface area (Å²) in [6.07, 6.45) is -1.10. The molecule has 0 aliphatic heterocycles. The molecular formula is C18H20N2O6S. The SMILES string of the molecule is COc1ccc(C(=O)OC(C)C(=O)Nc2ccccc2C)cc1S(N)(=O)=O. The van der Waals surface area contributed by atoms with Gasteiger partial charge in [-0.25, -0.2) is 18.4 Å². The first-order valence-corrected chi connectivity index (χ1v) is 9.46. The first-order chi connectivity index (χ1) is 12.6. The second kappa shape index (κ2) is 8.19. The second-order valence-electron chi connectivity index (χ2n) is 5.76. The summed E-state index contributed by atoms with van der Waals surface area (Å²) in [5.74, 6) is -1.38. The van der Waals surface area contributed by atoms with Crippen molar-refractivity contribution in [3.8, 4) is 5.75 Å². The molecule has 1 atom stereocenters. The van der Waals surface area contributed by atoms with E-state index in [1.807, 2.05) is 19.1 Å². The van der Waals surface area contributed by atoms with Crippen LogP contribution in [0.25, 0.3) is 0 Å². The van der Waals surface area contributed by atoms with Crippen LogP contribution in [0.1, 0.15) is 22.8 Å². The van der Waals surface area contributed by atoms with Crippen LogP contribution in [0.5, 0.6) is 5.75 Å². The molecule has 0 heterocycles. The minimum atomic E-state index is -4.10. The lowest BCUT2D eigenvalue weighted by atomic mass is 10.2. The lowest BCUT2D eigenvalue weighted by Gasteiger charge is -2.15. The van der Waals surface area contributed by atoms with E-state index in [9.17, 15) is 18.0 Å². The molecule has 3 N–H and O–H groups in total. The number of nitrogens with one attached hydrogen (secondary N) is 1. The molecule has 0 bridgehead atoms. The van der Waals surface area contributed by atoms with Crippen molar-refractivity contribution in [2.24, 2.45) is 5.14 Å². The molecular weight excluding hydrogens is 372 g/mol. The van der Waals surface area contributed by atoms with Gasteiger partial charge in [-0.15, -0.1) is 0 Å². The average Bonchev–Trinajstić information content (AvgIpc) is 2.62. The molecule has 144 valence electrons. The monoisotopic (exact) mass is 392 g/mol. The summed E-state index contributed by atoms with van der Waals surface area (Å²) in [6.45, 7) is 3.24. The van der Waals surface area contributed by atoms with Crippen LogP contribution in [0.3, 0.4) is 0 Å². The number of benzene rings is 2. The number of hydrogen-bond donors (Lipinski definition) is 2. The standard InChI is InChI=1S/C18H20N2O6S/c1-11-6-4-5-7-14(11)20-17(21)12(2)26-18(22)13-8-9-15(25-3)16(10-13)27(19,23)24/h4-10,12H,1-3H3,(H,20,21)(H2,19,23,24).